The molecule has 0 aliphatic rings. The highest BCUT2D eigenvalue weighted by molar-refractivity contribution is 6.99. The number of esters is 1. The molecule has 2 atom stereocenters. The largest absolute Gasteiger partial charge is 0.466 e. The van der Waals surface area contributed by atoms with Gasteiger partial charge in [-0.2, -0.15) is 0 Å². The van der Waals surface area contributed by atoms with Crippen LogP contribution < -0.4 is 10.4 Å². The highest BCUT2D eigenvalue weighted by atomic mass is 28.4. The van der Waals surface area contributed by atoms with Crippen molar-refractivity contribution in [3.8, 4) is 0 Å². The lowest BCUT2D eigenvalue weighted by Gasteiger charge is -2.43. The van der Waals surface area contributed by atoms with Crippen molar-refractivity contribution < 1.29 is 18.7 Å². The minimum Gasteiger partial charge on any atom is -0.466 e. The van der Waals surface area contributed by atoms with Gasteiger partial charge in [0.15, 0.2) is 0 Å². The monoisotopic (exact) mass is 520 g/mol. The number of carbonyl (C=O) groups is 1. The number of rotatable bonds is 12. The van der Waals surface area contributed by atoms with Gasteiger partial charge in [-0.1, -0.05) is 118 Å². The third-order valence-electron chi connectivity index (χ3n) is 6.57. The van der Waals surface area contributed by atoms with Gasteiger partial charge in [-0.3, -0.25) is 0 Å². The zero-order valence-electron chi connectivity index (χ0n) is 23.8. The van der Waals surface area contributed by atoms with Crippen LogP contribution in [0.5, 0.6) is 0 Å². The Kier molecular flexibility index (Phi) is 11.8. The molecule has 200 valence electrons. The fraction of sp³-hybridized carbons (Fsp3) is 0.406. The molecule has 0 N–H and O–H groups in total. The van der Waals surface area contributed by atoms with Gasteiger partial charge >= 0.3 is 5.97 Å². The number of carbonyl (C=O) groups excluding carboxylic acids is 1. The first-order chi connectivity index (χ1) is 17.5. The van der Waals surface area contributed by atoms with Crippen LogP contribution in [-0.2, 0) is 18.7 Å². The predicted octanol–water partition coefficient (Wildman–Crippen LogP) is 6.23. The first-order valence-electron chi connectivity index (χ1n) is 13.0. The SMILES string of the molecule is COC(=O)/C(C)=C/[C@H](C)/C=C/C(C)=C/[C@H](CCO[Si](c1ccccc1)(c1ccccc1)C(C)(C)C)OC. The van der Waals surface area contributed by atoms with Crippen molar-refractivity contribution in [1.82, 2.24) is 0 Å². The minimum atomic E-state index is -2.56. The second kappa shape index (κ2) is 14.3. The Morgan fingerprint density at radius 1 is 0.919 bits per heavy atom. The quantitative estimate of drug-likeness (QED) is 0.144. The number of benzene rings is 2. The molecule has 0 aromatic heterocycles. The molecular weight excluding hydrogens is 476 g/mol. The van der Waals surface area contributed by atoms with E-state index in [0.29, 0.717) is 12.2 Å². The lowest BCUT2D eigenvalue weighted by molar-refractivity contribution is -0.136. The Hall–Kier alpha value is -2.73. The smallest absolute Gasteiger partial charge is 0.333 e. The van der Waals surface area contributed by atoms with Crippen LogP contribution in [-0.4, -0.2) is 41.2 Å². The van der Waals surface area contributed by atoms with Gasteiger partial charge < -0.3 is 13.9 Å². The van der Waals surface area contributed by atoms with E-state index in [0.717, 1.165) is 12.0 Å². The molecule has 2 aromatic carbocycles. The zero-order chi connectivity index (χ0) is 27.5. The van der Waals surface area contributed by atoms with E-state index in [9.17, 15) is 4.79 Å². The Morgan fingerprint density at radius 2 is 1.46 bits per heavy atom. The van der Waals surface area contributed by atoms with E-state index in [4.69, 9.17) is 13.9 Å². The normalized spacial score (nSPS) is 15.0. The van der Waals surface area contributed by atoms with Crippen LogP contribution in [0.25, 0.3) is 0 Å². The van der Waals surface area contributed by atoms with E-state index < -0.39 is 8.32 Å². The molecule has 0 radical (unpaired) electrons. The van der Waals surface area contributed by atoms with Crippen LogP contribution in [0.1, 0.15) is 48.0 Å². The van der Waals surface area contributed by atoms with Crippen LogP contribution >= 0.6 is 0 Å². The topological polar surface area (TPSA) is 44.8 Å². The number of hydrogen-bond acceptors (Lipinski definition) is 4. The van der Waals surface area contributed by atoms with E-state index in [2.05, 4.69) is 107 Å². The number of allylic oxidation sites excluding steroid dienone is 4. The average molecular weight is 521 g/mol. The summed E-state index contributed by atoms with van der Waals surface area (Å²) >= 11 is 0. The third-order valence-corrected chi connectivity index (χ3v) is 11.6. The molecule has 0 saturated carbocycles. The van der Waals surface area contributed by atoms with Crippen LogP contribution in [0, 0.1) is 5.92 Å². The fourth-order valence-corrected chi connectivity index (χ4v) is 9.27. The number of methoxy groups -OCH3 is 2. The Morgan fingerprint density at radius 3 is 1.92 bits per heavy atom. The Balaban J connectivity index is 2.21. The first kappa shape index (κ1) is 30.5. The fourth-order valence-electron chi connectivity index (χ4n) is 4.69. The lowest BCUT2D eigenvalue weighted by atomic mass is 10.1. The maximum absolute atomic E-state index is 11.6. The van der Waals surface area contributed by atoms with Crippen molar-refractivity contribution in [2.75, 3.05) is 20.8 Å². The van der Waals surface area contributed by atoms with E-state index in [-0.39, 0.29) is 23.0 Å². The first-order valence-corrected chi connectivity index (χ1v) is 14.9. The molecule has 0 spiro atoms. The van der Waals surface area contributed by atoms with Gasteiger partial charge in [-0.25, -0.2) is 4.79 Å². The van der Waals surface area contributed by atoms with Gasteiger partial charge in [0.25, 0.3) is 8.32 Å². The Bertz CT molecular complexity index is 1030. The van der Waals surface area contributed by atoms with Gasteiger partial charge in [-0.05, 0) is 41.6 Å². The van der Waals surface area contributed by atoms with Crippen molar-refractivity contribution in [2.24, 2.45) is 5.92 Å². The maximum Gasteiger partial charge on any atom is 0.333 e. The summed E-state index contributed by atoms with van der Waals surface area (Å²) < 4.78 is 17.6. The van der Waals surface area contributed by atoms with Gasteiger partial charge in [0, 0.05) is 19.3 Å². The molecule has 0 unspecified atom stereocenters. The molecule has 0 heterocycles. The summed E-state index contributed by atoms with van der Waals surface area (Å²) in [7, 11) is 0.579. The number of hydrogen-bond donors (Lipinski definition) is 0. The van der Waals surface area contributed by atoms with Crippen molar-refractivity contribution in [1.29, 1.82) is 0 Å². The van der Waals surface area contributed by atoms with Gasteiger partial charge in [-0.15, -0.1) is 0 Å². The molecule has 5 heteroatoms. The van der Waals surface area contributed by atoms with Crippen molar-refractivity contribution in [3.63, 3.8) is 0 Å². The van der Waals surface area contributed by atoms with Gasteiger partial charge in [0.2, 0.25) is 0 Å². The summed E-state index contributed by atoms with van der Waals surface area (Å²) in [4.78, 5) is 11.6. The third kappa shape index (κ3) is 8.39. The van der Waals surface area contributed by atoms with E-state index in [1.807, 2.05) is 13.0 Å². The molecule has 0 aliphatic carbocycles. The van der Waals surface area contributed by atoms with E-state index in [1.54, 1.807) is 14.0 Å². The van der Waals surface area contributed by atoms with Crippen LogP contribution in [0.3, 0.4) is 0 Å². The molecule has 0 saturated heterocycles. The molecular formula is C32H44O4Si. The molecule has 0 fully saturated rings. The second-order valence-electron chi connectivity index (χ2n) is 10.5. The standard InChI is InChI=1S/C32H44O4Si/c1-25(23-27(3)31(33)35-8)19-20-26(2)24-28(34-7)21-22-36-37(32(4,5)6,29-15-11-9-12-16-29)30-17-13-10-14-18-30/h9-20,23-25,28H,21-22H2,1-8H3/b20-19+,26-24+,27-23+/t25-,28+/m1/s1. The molecule has 0 bridgehead atoms. The highest BCUT2D eigenvalue weighted by Crippen LogP contribution is 2.36. The van der Waals surface area contributed by atoms with Gasteiger partial charge in [0.1, 0.15) is 0 Å². The summed E-state index contributed by atoms with van der Waals surface area (Å²) in [5, 5.41) is 2.50. The number of ether oxygens (including phenoxy) is 2. The summed E-state index contributed by atoms with van der Waals surface area (Å²) in [6.45, 7) is 13.3. The van der Waals surface area contributed by atoms with E-state index >= 15 is 0 Å². The van der Waals surface area contributed by atoms with Crippen LogP contribution in [0.2, 0.25) is 5.04 Å². The summed E-state index contributed by atoms with van der Waals surface area (Å²) in [5.74, 6) is -0.185. The van der Waals surface area contributed by atoms with Crippen molar-refractivity contribution in [3.05, 3.63) is 96.1 Å². The molecule has 4 nitrogen and oxygen atoms in total. The molecule has 0 aliphatic heterocycles. The molecule has 37 heavy (non-hydrogen) atoms. The summed E-state index contributed by atoms with van der Waals surface area (Å²) in [6.07, 6.45) is 8.87. The van der Waals surface area contributed by atoms with Crippen molar-refractivity contribution in [2.45, 2.75) is 59.1 Å². The summed E-state index contributed by atoms with van der Waals surface area (Å²) in [5.41, 5.74) is 1.71. The van der Waals surface area contributed by atoms with Crippen LogP contribution in [0.4, 0.5) is 0 Å². The Labute approximate surface area is 225 Å². The highest BCUT2D eigenvalue weighted by Gasteiger charge is 2.50. The molecule has 2 aromatic rings. The molecule has 2 rings (SSSR count). The van der Waals surface area contributed by atoms with Gasteiger partial charge in [0.05, 0.1) is 13.2 Å². The zero-order valence-corrected chi connectivity index (χ0v) is 24.8. The van der Waals surface area contributed by atoms with E-state index in [1.165, 1.54) is 17.5 Å². The molecule has 0 amide bonds. The summed E-state index contributed by atoms with van der Waals surface area (Å²) in [6, 6.07) is 21.4. The van der Waals surface area contributed by atoms with Crippen LogP contribution in [0.15, 0.2) is 96.1 Å². The lowest BCUT2D eigenvalue weighted by Crippen LogP contribution is -2.66. The van der Waals surface area contributed by atoms with Crippen molar-refractivity contribution >= 4 is 24.7 Å². The minimum absolute atomic E-state index is 0.0568. The maximum atomic E-state index is 11.6. The average Bonchev–Trinajstić information content (AvgIpc) is 2.89. The second-order valence-corrected chi connectivity index (χ2v) is 14.9. The predicted molar refractivity (Wildman–Crippen MR) is 157 cm³/mol.